The molecule has 1 aromatic carbocycles. The highest BCUT2D eigenvalue weighted by Crippen LogP contribution is 2.45. The molecule has 0 spiro atoms. The molecule has 2 rings (SSSR count). The summed E-state index contributed by atoms with van der Waals surface area (Å²) in [5.74, 6) is -0.332. The van der Waals surface area contributed by atoms with Gasteiger partial charge in [0.25, 0.3) is 0 Å². The molecule has 122 valence electrons. The molecule has 1 aliphatic carbocycles. The number of aliphatic hydroxyl groups is 1. The molecule has 0 aromatic heterocycles. The zero-order valence-corrected chi connectivity index (χ0v) is 12.4. The summed E-state index contributed by atoms with van der Waals surface area (Å²) >= 11 is 0. The van der Waals surface area contributed by atoms with Gasteiger partial charge in [-0.05, 0) is 30.4 Å². The number of nitrogens with one attached hydrogen (secondary N) is 1. The van der Waals surface area contributed by atoms with Crippen molar-refractivity contribution < 1.29 is 23.1 Å². The van der Waals surface area contributed by atoms with E-state index in [1.807, 2.05) is 0 Å². The van der Waals surface area contributed by atoms with E-state index in [0.717, 1.165) is 18.6 Å². The Balaban J connectivity index is 2.22. The van der Waals surface area contributed by atoms with E-state index in [1.54, 1.807) is 13.0 Å². The number of rotatable bonds is 5. The summed E-state index contributed by atoms with van der Waals surface area (Å²) in [5.41, 5.74) is -1.17. The summed E-state index contributed by atoms with van der Waals surface area (Å²) < 4.78 is 38.6. The molecule has 0 radical (unpaired) electrons. The molecule has 3 nitrogen and oxygen atoms in total. The van der Waals surface area contributed by atoms with Gasteiger partial charge in [-0.25, -0.2) is 0 Å². The summed E-state index contributed by atoms with van der Waals surface area (Å²) in [6.45, 7) is 2.06. The molecular weight excluding hydrogens is 295 g/mol. The lowest BCUT2D eigenvalue weighted by atomic mass is 9.63. The second kappa shape index (κ2) is 6.28. The number of carbonyl (C=O) groups is 1. The maximum Gasteiger partial charge on any atom is 0.416 e. The summed E-state index contributed by atoms with van der Waals surface area (Å²) in [6, 6.07) is 5.03. The third kappa shape index (κ3) is 3.27. The molecule has 22 heavy (non-hydrogen) atoms. The van der Waals surface area contributed by atoms with Gasteiger partial charge in [-0.1, -0.05) is 31.5 Å². The fourth-order valence-electron chi connectivity index (χ4n) is 2.67. The second-order valence-electron chi connectivity index (χ2n) is 6.01. The molecule has 6 heteroatoms. The van der Waals surface area contributed by atoms with Crippen LogP contribution >= 0.6 is 0 Å². The number of hydrogen-bond donors (Lipinski definition) is 2. The molecule has 1 atom stereocenters. The Labute approximate surface area is 127 Å². The smallest absolute Gasteiger partial charge is 0.396 e. The highest BCUT2D eigenvalue weighted by Gasteiger charge is 2.46. The van der Waals surface area contributed by atoms with Crippen LogP contribution in [0.25, 0.3) is 0 Å². The fourth-order valence-corrected chi connectivity index (χ4v) is 2.67. The van der Waals surface area contributed by atoms with Crippen molar-refractivity contribution in [2.24, 2.45) is 5.92 Å². The van der Waals surface area contributed by atoms with Crippen molar-refractivity contribution in [3.05, 3.63) is 35.4 Å². The fraction of sp³-hybridized carbons (Fsp3) is 0.562. The molecule has 1 saturated carbocycles. The van der Waals surface area contributed by atoms with Crippen molar-refractivity contribution in [1.82, 2.24) is 5.32 Å². The Morgan fingerprint density at radius 3 is 2.59 bits per heavy atom. The van der Waals surface area contributed by atoms with Crippen LogP contribution in [0.2, 0.25) is 0 Å². The number of aliphatic hydroxyl groups excluding tert-OH is 1. The van der Waals surface area contributed by atoms with E-state index in [9.17, 15) is 18.0 Å². The van der Waals surface area contributed by atoms with Gasteiger partial charge >= 0.3 is 6.18 Å². The first-order chi connectivity index (χ1) is 10.3. The summed E-state index contributed by atoms with van der Waals surface area (Å²) in [4.78, 5) is 12.5. The topological polar surface area (TPSA) is 49.3 Å². The third-order valence-corrected chi connectivity index (χ3v) is 4.31. The average molecular weight is 315 g/mol. The molecule has 0 heterocycles. The van der Waals surface area contributed by atoms with Crippen LogP contribution in [0.3, 0.4) is 0 Å². The lowest BCUT2D eigenvalue weighted by Crippen LogP contribution is -2.50. The maximum atomic E-state index is 12.9. The molecular formula is C16H20F3NO2. The number of amides is 1. The average Bonchev–Trinajstić information content (AvgIpc) is 2.43. The van der Waals surface area contributed by atoms with Crippen LogP contribution in [-0.2, 0) is 16.4 Å². The molecule has 0 aliphatic heterocycles. The Hall–Kier alpha value is -1.56. The Morgan fingerprint density at radius 2 is 2.09 bits per heavy atom. The standard InChI is InChI=1S/C16H20F3NO2/c1-11(10-21)9-20-14(22)15(6-3-7-15)12-4-2-5-13(8-12)16(17,18)19/h2,4-5,8,11,21H,3,6-7,9-10H2,1H3,(H,20,22). The van der Waals surface area contributed by atoms with Crippen LogP contribution in [-0.4, -0.2) is 24.2 Å². The quantitative estimate of drug-likeness (QED) is 0.878. The minimum Gasteiger partial charge on any atom is -0.396 e. The van der Waals surface area contributed by atoms with Gasteiger partial charge in [0.15, 0.2) is 0 Å². The van der Waals surface area contributed by atoms with Crippen molar-refractivity contribution in [3.8, 4) is 0 Å². The molecule has 1 fully saturated rings. The first kappa shape index (κ1) is 16.8. The third-order valence-electron chi connectivity index (χ3n) is 4.31. The van der Waals surface area contributed by atoms with Crippen LogP contribution in [0.4, 0.5) is 13.2 Å². The molecule has 2 N–H and O–H groups in total. The summed E-state index contributed by atoms with van der Waals surface area (Å²) in [7, 11) is 0. The van der Waals surface area contributed by atoms with E-state index in [0.29, 0.717) is 24.9 Å². The van der Waals surface area contributed by atoms with Gasteiger partial charge in [0.1, 0.15) is 0 Å². The normalized spacial score (nSPS) is 18.4. The molecule has 1 aromatic rings. The molecule has 1 amide bonds. The van der Waals surface area contributed by atoms with Crippen LogP contribution in [0, 0.1) is 5.92 Å². The predicted octanol–water partition coefficient (Wildman–Crippen LogP) is 2.87. The maximum absolute atomic E-state index is 12.9. The van der Waals surface area contributed by atoms with Gasteiger partial charge in [0.05, 0.1) is 11.0 Å². The first-order valence-electron chi connectivity index (χ1n) is 7.36. The lowest BCUT2D eigenvalue weighted by Gasteiger charge is -2.41. The highest BCUT2D eigenvalue weighted by molar-refractivity contribution is 5.89. The van der Waals surface area contributed by atoms with Crippen LogP contribution in [0.15, 0.2) is 24.3 Å². The minimum atomic E-state index is -4.41. The van der Waals surface area contributed by atoms with Gasteiger partial charge < -0.3 is 10.4 Å². The van der Waals surface area contributed by atoms with Gasteiger partial charge in [-0.15, -0.1) is 0 Å². The second-order valence-corrected chi connectivity index (χ2v) is 6.01. The van der Waals surface area contributed by atoms with E-state index >= 15 is 0 Å². The van der Waals surface area contributed by atoms with Crippen molar-refractivity contribution >= 4 is 5.91 Å². The van der Waals surface area contributed by atoms with E-state index in [2.05, 4.69) is 5.32 Å². The van der Waals surface area contributed by atoms with E-state index in [-0.39, 0.29) is 18.4 Å². The van der Waals surface area contributed by atoms with Crippen molar-refractivity contribution in [1.29, 1.82) is 0 Å². The predicted molar refractivity (Wildman–Crippen MR) is 76.2 cm³/mol. The van der Waals surface area contributed by atoms with E-state index in [4.69, 9.17) is 5.11 Å². The van der Waals surface area contributed by atoms with Gasteiger partial charge in [-0.2, -0.15) is 13.2 Å². The van der Waals surface area contributed by atoms with E-state index < -0.39 is 17.2 Å². The Morgan fingerprint density at radius 1 is 1.41 bits per heavy atom. The van der Waals surface area contributed by atoms with E-state index in [1.165, 1.54) is 6.07 Å². The summed E-state index contributed by atoms with van der Waals surface area (Å²) in [6.07, 6.45) is -2.50. The van der Waals surface area contributed by atoms with Crippen molar-refractivity contribution in [2.45, 2.75) is 37.8 Å². The van der Waals surface area contributed by atoms with Gasteiger partial charge in [-0.3, -0.25) is 4.79 Å². The van der Waals surface area contributed by atoms with Crippen LogP contribution in [0.1, 0.15) is 37.3 Å². The first-order valence-corrected chi connectivity index (χ1v) is 7.36. The molecule has 0 bridgehead atoms. The number of benzene rings is 1. The van der Waals surface area contributed by atoms with Gasteiger partial charge in [0.2, 0.25) is 5.91 Å². The molecule has 1 unspecified atom stereocenters. The summed E-state index contributed by atoms with van der Waals surface area (Å²) in [5, 5.41) is 11.7. The largest absolute Gasteiger partial charge is 0.416 e. The van der Waals surface area contributed by atoms with Crippen molar-refractivity contribution in [3.63, 3.8) is 0 Å². The minimum absolute atomic E-state index is 0.0448. The zero-order chi connectivity index (χ0) is 16.4. The highest BCUT2D eigenvalue weighted by atomic mass is 19.4. The monoisotopic (exact) mass is 315 g/mol. The van der Waals surface area contributed by atoms with Crippen molar-refractivity contribution in [2.75, 3.05) is 13.2 Å². The number of carbonyl (C=O) groups excluding carboxylic acids is 1. The lowest BCUT2D eigenvalue weighted by molar-refractivity contribution is -0.138. The number of alkyl halides is 3. The SMILES string of the molecule is CC(CO)CNC(=O)C1(c2cccc(C(F)(F)F)c2)CCC1. The molecule has 0 saturated heterocycles. The number of hydrogen-bond acceptors (Lipinski definition) is 2. The Kier molecular flexibility index (Phi) is 4.80. The number of halogens is 3. The zero-order valence-electron chi connectivity index (χ0n) is 12.4. The van der Waals surface area contributed by atoms with Crippen LogP contribution in [0.5, 0.6) is 0 Å². The molecule has 1 aliphatic rings. The Bertz CT molecular complexity index is 538. The van der Waals surface area contributed by atoms with Gasteiger partial charge in [0, 0.05) is 13.2 Å². The van der Waals surface area contributed by atoms with Crippen LogP contribution < -0.4 is 5.32 Å².